The van der Waals surface area contributed by atoms with Crippen molar-refractivity contribution in [2.45, 2.75) is 84.1 Å². The van der Waals surface area contributed by atoms with E-state index in [0.717, 1.165) is 55.5 Å². The summed E-state index contributed by atoms with van der Waals surface area (Å²) in [7, 11) is 0. The molecule has 4 rings (SSSR count). The molecule has 0 atom stereocenters. The number of rotatable bonds is 5. The molecule has 0 unspecified atom stereocenters. The molecule has 164 valence electrons. The van der Waals surface area contributed by atoms with E-state index < -0.39 is 11.6 Å². The number of carbonyl (C=O) groups excluding carboxylic acids is 3. The quantitative estimate of drug-likeness (QED) is 0.691. The second-order valence-corrected chi connectivity index (χ2v) is 10.7. The Balaban J connectivity index is 1.37. The number of carbonyl (C=O) groups is 3. The highest BCUT2D eigenvalue weighted by Gasteiger charge is 2.53. The van der Waals surface area contributed by atoms with Crippen molar-refractivity contribution in [1.82, 2.24) is 15.2 Å². The maximum absolute atomic E-state index is 13.1. The van der Waals surface area contributed by atoms with Crippen LogP contribution in [0.1, 0.15) is 76.3 Å². The van der Waals surface area contributed by atoms with Crippen molar-refractivity contribution < 1.29 is 14.4 Å². The number of aromatic nitrogens is 1. The molecule has 2 N–H and O–H groups in total. The van der Waals surface area contributed by atoms with Gasteiger partial charge in [0.05, 0.1) is 5.69 Å². The molecule has 0 bridgehead atoms. The summed E-state index contributed by atoms with van der Waals surface area (Å²) in [5.41, 5.74) is 0.472. The summed E-state index contributed by atoms with van der Waals surface area (Å²) >= 11 is 1.50. The topological polar surface area (TPSA) is 91.4 Å². The molecule has 2 fully saturated rings. The Hall–Kier alpha value is -1.96. The minimum absolute atomic E-state index is 0.236. The number of fused-ring (bicyclic) bond motifs is 1. The molecule has 1 spiro atoms. The van der Waals surface area contributed by atoms with Crippen molar-refractivity contribution in [3.05, 3.63) is 10.6 Å². The molecule has 2 heterocycles. The van der Waals surface area contributed by atoms with E-state index in [-0.39, 0.29) is 23.8 Å². The maximum atomic E-state index is 13.1. The lowest BCUT2D eigenvalue weighted by atomic mass is 9.65. The Bertz CT molecular complexity index is 831. The third kappa shape index (κ3) is 3.86. The number of hydrogen-bond acceptors (Lipinski definition) is 5. The van der Waals surface area contributed by atoms with Gasteiger partial charge >= 0.3 is 6.03 Å². The summed E-state index contributed by atoms with van der Waals surface area (Å²) < 4.78 is 0. The lowest BCUT2D eigenvalue weighted by Gasteiger charge is -2.42. The van der Waals surface area contributed by atoms with E-state index in [0.29, 0.717) is 23.9 Å². The third-order valence-corrected chi connectivity index (χ3v) is 8.57. The molecule has 7 nitrogen and oxygen atoms in total. The number of nitrogens with one attached hydrogen (secondary N) is 2. The van der Waals surface area contributed by atoms with E-state index in [1.54, 1.807) is 0 Å². The van der Waals surface area contributed by atoms with Crippen molar-refractivity contribution in [2.24, 2.45) is 11.3 Å². The molecule has 0 radical (unpaired) electrons. The minimum Gasteiger partial charge on any atom is -0.323 e. The highest BCUT2D eigenvalue weighted by molar-refractivity contribution is 7.15. The van der Waals surface area contributed by atoms with Crippen molar-refractivity contribution in [3.8, 4) is 0 Å². The van der Waals surface area contributed by atoms with Crippen LogP contribution in [0.25, 0.3) is 0 Å². The molecular formula is C22H32N4O3S. The SMILES string of the molecule is CCC(C)(C)C1CCC2(CC1)NC(=O)N(CC(=O)Nc1nc3c(s1)CCCC3)C2=O. The average Bonchev–Trinajstić information content (AvgIpc) is 3.22. The van der Waals surface area contributed by atoms with Crippen LogP contribution in [0.4, 0.5) is 9.93 Å². The van der Waals surface area contributed by atoms with Gasteiger partial charge in [0.2, 0.25) is 5.91 Å². The fourth-order valence-electron chi connectivity index (χ4n) is 5.05. The van der Waals surface area contributed by atoms with E-state index in [1.807, 2.05) is 0 Å². The fourth-order valence-corrected chi connectivity index (χ4v) is 6.11. The van der Waals surface area contributed by atoms with Crippen LogP contribution in [0, 0.1) is 11.3 Å². The van der Waals surface area contributed by atoms with E-state index >= 15 is 0 Å². The number of nitrogens with zero attached hydrogens (tertiary/aromatic N) is 2. The molecular weight excluding hydrogens is 400 g/mol. The van der Waals surface area contributed by atoms with Crippen molar-refractivity contribution in [2.75, 3.05) is 11.9 Å². The van der Waals surface area contributed by atoms with Gasteiger partial charge in [-0.15, -0.1) is 11.3 Å². The Morgan fingerprint density at radius 1 is 1.27 bits per heavy atom. The zero-order valence-electron chi connectivity index (χ0n) is 18.2. The van der Waals surface area contributed by atoms with Gasteiger partial charge in [0.25, 0.3) is 5.91 Å². The van der Waals surface area contributed by atoms with Crippen LogP contribution in [-0.2, 0) is 22.4 Å². The summed E-state index contributed by atoms with van der Waals surface area (Å²) in [5, 5.41) is 6.27. The number of amides is 4. The van der Waals surface area contributed by atoms with E-state index in [1.165, 1.54) is 16.2 Å². The zero-order chi connectivity index (χ0) is 21.5. The Morgan fingerprint density at radius 3 is 2.63 bits per heavy atom. The first-order valence-corrected chi connectivity index (χ1v) is 12.0. The normalized spacial score (nSPS) is 26.6. The van der Waals surface area contributed by atoms with Crippen molar-refractivity contribution >= 4 is 34.3 Å². The maximum Gasteiger partial charge on any atom is 0.325 e. The number of aryl methyl sites for hydroxylation is 2. The molecule has 1 saturated heterocycles. The van der Waals surface area contributed by atoms with Gasteiger partial charge in [0.1, 0.15) is 12.1 Å². The largest absolute Gasteiger partial charge is 0.325 e. The van der Waals surface area contributed by atoms with Crippen LogP contribution in [0.2, 0.25) is 0 Å². The summed E-state index contributed by atoms with van der Waals surface area (Å²) in [6.45, 7) is 6.49. The third-order valence-electron chi connectivity index (χ3n) is 7.50. The summed E-state index contributed by atoms with van der Waals surface area (Å²) in [5.74, 6) is -0.0811. The van der Waals surface area contributed by atoms with Gasteiger partial charge < -0.3 is 10.6 Å². The standard InChI is InChI=1S/C22H32N4O3S/c1-4-21(2,3)14-9-11-22(12-10-14)18(28)26(20(29)25-22)13-17(27)24-19-23-15-7-5-6-8-16(15)30-19/h14H,4-13H2,1-3H3,(H,25,29)(H,23,24,27). The first-order chi connectivity index (χ1) is 14.2. The Labute approximate surface area is 182 Å². The highest BCUT2D eigenvalue weighted by atomic mass is 32.1. The molecule has 1 saturated carbocycles. The van der Waals surface area contributed by atoms with Gasteiger partial charge in [-0.25, -0.2) is 9.78 Å². The Kier molecular flexibility index (Phi) is 5.64. The summed E-state index contributed by atoms with van der Waals surface area (Å²) in [6, 6.07) is -0.457. The average molecular weight is 433 g/mol. The monoisotopic (exact) mass is 432 g/mol. The number of hydrogen-bond donors (Lipinski definition) is 2. The molecule has 8 heteroatoms. The number of anilines is 1. The van der Waals surface area contributed by atoms with Gasteiger partial charge in [-0.1, -0.05) is 27.2 Å². The van der Waals surface area contributed by atoms with Crippen LogP contribution in [0.3, 0.4) is 0 Å². The number of imide groups is 1. The molecule has 30 heavy (non-hydrogen) atoms. The smallest absolute Gasteiger partial charge is 0.323 e. The molecule has 1 aliphatic heterocycles. The van der Waals surface area contributed by atoms with Crippen LogP contribution < -0.4 is 10.6 Å². The molecule has 4 amide bonds. The molecule has 0 aromatic carbocycles. The van der Waals surface area contributed by atoms with E-state index in [9.17, 15) is 14.4 Å². The first kappa shape index (κ1) is 21.3. The van der Waals surface area contributed by atoms with Crippen molar-refractivity contribution in [3.63, 3.8) is 0 Å². The first-order valence-electron chi connectivity index (χ1n) is 11.2. The number of urea groups is 1. The summed E-state index contributed by atoms with van der Waals surface area (Å²) in [4.78, 5) is 45.0. The second-order valence-electron chi connectivity index (χ2n) is 9.66. The van der Waals surface area contributed by atoms with Crippen LogP contribution >= 0.6 is 11.3 Å². The lowest BCUT2D eigenvalue weighted by molar-refractivity contribution is -0.135. The van der Waals surface area contributed by atoms with Gasteiger partial charge in [-0.05, 0) is 62.7 Å². The van der Waals surface area contributed by atoms with Gasteiger partial charge in [-0.2, -0.15) is 0 Å². The van der Waals surface area contributed by atoms with Crippen LogP contribution in [0.5, 0.6) is 0 Å². The molecule has 1 aromatic heterocycles. The molecule has 2 aliphatic carbocycles. The summed E-state index contributed by atoms with van der Waals surface area (Å²) in [6.07, 6.45) is 8.45. The van der Waals surface area contributed by atoms with Crippen LogP contribution in [0.15, 0.2) is 0 Å². The highest BCUT2D eigenvalue weighted by Crippen LogP contribution is 2.45. The predicted molar refractivity (Wildman–Crippen MR) is 116 cm³/mol. The predicted octanol–water partition coefficient (Wildman–Crippen LogP) is 3.88. The molecule has 1 aromatic rings. The van der Waals surface area contributed by atoms with Gasteiger partial charge in [-0.3, -0.25) is 14.5 Å². The zero-order valence-corrected chi connectivity index (χ0v) is 19.0. The van der Waals surface area contributed by atoms with Gasteiger partial charge in [0, 0.05) is 4.88 Å². The van der Waals surface area contributed by atoms with Gasteiger partial charge in [0.15, 0.2) is 5.13 Å². The lowest BCUT2D eigenvalue weighted by Crippen LogP contribution is -2.51. The van der Waals surface area contributed by atoms with Crippen LogP contribution in [-0.4, -0.2) is 39.8 Å². The Morgan fingerprint density at radius 2 is 1.97 bits per heavy atom. The molecule has 3 aliphatic rings. The van der Waals surface area contributed by atoms with Crippen molar-refractivity contribution in [1.29, 1.82) is 0 Å². The second kappa shape index (κ2) is 7.94. The fraction of sp³-hybridized carbons (Fsp3) is 0.727. The minimum atomic E-state index is -0.835. The number of thiazole rings is 1. The van der Waals surface area contributed by atoms with E-state index in [2.05, 4.69) is 36.4 Å². The van der Waals surface area contributed by atoms with E-state index in [4.69, 9.17) is 0 Å².